The molecular weight excluding hydrogens is 331 g/mol. The number of aromatic nitrogens is 2. The van der Waals surface area contributed by atoms with E-state index >= 15 is 0 Å². The fourth-order valence-electron chi connectivity index (χ4n) is 2.44. The average Bonchev–Trinajstić information content (AvgIpc) is 2.65. The normalized spacial score (nSPS) is 11.8. The van der Waals surface area contributed by atoms with Gasteiger partial charge in [0.25, 0.3) is 0 Å². The largest absolute Gasteiger partial charge is 0.405 e. The molecule has 0 fully saturated rings. The highest BCUT2D eigenvalue weighted by Crippen LogP contribution is 2.14. The molecule has 0 atom stereocenters. The lowest BCUT2D eigenvalue weighted by Gasteiger charge is -2.10. The van der Waals surface area contributed by atoms with Gasteiger partial charge in [0.1, 0.15) is 11.5 Å². The number of allylic oxidation sites excluding steroid dienone is 1. The standard InChI is InChI=1S/C20H17FN4O/c1-14-13-25(18-10-6-5-9-16(18)21)24-19(20(14)26)17(11-12-22)23-15-7-3-2-4-8-15/h2-13H,22H2,1H3. The van der Waals surface area contributed by atoms with E-state index in [4.69, 9.17) is 5.73 Å². The van der Waals surface area contributed by atoms with Crippen molar-refractivity contribution in [2.45, 2.75) is 6.92 Å². The fraction of sp³-hybridized carbons (Fsp3) is 0.0500. The molecule has 1 aromatic heterocycles. The summed E-state index contributed by atoms with van der Waals surface area (Å²) in [4.78, 5) is 17.1. The van der Waals surface area contributed by atoms with E-state index in [1.165, 1.54) is 29.2 Å². The molecule has 0 saturated heterocycles. The fourth-order valence-corrected chi connectivity index (χ4v) is 2.44. The van der Waals surface area contributed by atoms with Gasteiger partial charge in [-0.25, -0.2) is 14.1 Å². The molecule has 2 N–H and O–H groups in total. The molecule has 130 valence electrons. The molecule has 3 rings (SSSR count). The molecule has 0 spiro atoms. The van der Waals surface area contributed by atoms with Crippen LogP contribution in [0, 0.1) is 12.7 Å². The van der Waals surface area contributed by atoms with Gasteiger partial charge in [-0.05, 0) is 43.5 Å². The van der Waals surface area contributed by atoms with Crippen molar-refractivity contribution in [1.29, 1.82) is 0 Å². The van der Waals surface area contributed by atoms with Crippen molar-refractivity contribution in [3.8, 4) is 5.69 Å². The zero-order valence-electron chi connectivity index (χ0n) is 14.1. The van der Waals surface area contributed by atoms with E-state index in [1.54, 1.807) is 37.3 Å². The summed E-state index contributed by atoms with van der Waals surface area (Å²) < 4.78 is 15.5. The Kier molecular flexibility index (Phi) is 5.03. The molecule has 0 amide bonds. The highest BCUT2D eigenvalue weighted by Gasteiger charge is 2.14. The first kappa shape index (κ1) is 17.3. The minimum atomic E-state index is -0.440. The molecule has 0 radical (unpaired) electrons. The van der Waals surface area contributed by atoms with Gasteiger partial charge in [0, 0.05) is 11.8 Å². The molecule has 0 bridgehead atoms. The average molecular weight is 348 g/mol. The lowest BCUT2D eigenvalue weighted by atomic mass is 10.2. The monoisotopic (exact) mass is 348 g/mol. The third kappa shape index (κ3) is 3.59. The van der Waals surface area contributed by atoms with Crippen LogP contribution in [0.4, 0.5) is 10.1 Å². The van der Waals surface area contributed by atoms with Gasteiger partial charge in [0.2, 0.25) is 5.43 Å². The molecule has 6 heteroatoms. The molecule has 0 aliphatic carbocycles. The first-order chi connectivity index (χ1) is 12.6. The van der Waals surface area contributed by atoms with E-state index in [0.29, 0.717) is 17.0 Å². The first-order valence-corrected chi connectivity index (χ1v) is 7.98. The van der Waals surface area contributed by atoms with Gasteiger partial charge in [-0.1, -0.05) is 30.3 Å². The van der Waals surface area contributed by atoms with E-state index in [0.717, 1.165) is 0 Å². The van der Waals surface area contributed by atoms with Crippen LogP contribution in [0.25, 0.3) is 5.69 Å². The number of aryl methyl sites for hydroxylation is 1. The van der Waals surface area contributed by atoms with Crippen LogP contribution in [0.15, 0.2) is 82.9 Å². The number of hydrogen-bond acceptors (Lipinski definition) is 4. The molecule has 0 unspecified atom stereocenters. The van der Waals surface area contributed by atoms with Gasteiger partial charge in [0.05, 0.1) is 11.4 Å². The summed E-state index contributed by atoms with van der Waals surface area (Å²) >= 11 is 0. The number of hydrogen-bond donors (Lipinski definition) is 1. The quantitative estimate of drug-likeness (QED) is 0.736. The highest BCUT2D eigenvalue weighted by molar-refractivity contribution is 6.08. The Balaban J connectivity index is 2.21. The molecule has 5 nitrogen and oxygen atoms in total. The van der Waals surface area contributed by atoms with E-state index < -0.39 is 5.82 Å². The lowest BCUT2D eigenvalue weighted by Crippen LogP contribution is -2.23. The van der Waals surface area contributed by atoms with E-state index in [9.17, 15) is 9.18 Å². The van der Waals surface area contributed by atoms with Crippen LogP contribution in [-0.2, 0) is 0 Å². The van der Waals surface area contributed by atoms with E-state index in [1.807, 2.05) is 18.2 Å². The summed E-state index contributed by atoms with van der Waals surface area (Å²) in [6.45, 7) is 1.65. The Bertz CT molecular complexity index is 1040. The number of aliphatic imine (C=N–C) groups is 1. The Morgan fingerprint density at radius 2 is 1.85 bits per heavy atom. The third-order valence-electron chi connectivity index (χ3n) is 3.70. The van der Waals surface area contributed by atoms with E-state index in [-0.39, 0.29) is 16.8 Å². The Morgan fingerprint density at radius 3 is 2.54 bits per heavy atom. The van der Waals surface area contributed by atoms with Crippen molar-refractivity contribution < 1.29 is 4.39 Å². The summed E-state index contributed by atoms with van der Waals surface area (Å²) in [5, 5.41) is 4.31. The molecule has 26 heavy (non-hydrogen) atoms. The minimum Gasteiger partial charge on any atom is -0.405 e. The maximum atomic E-state index is 14.1. The summed E-state index contributed by atoms with van der Waals surface area (Å²) in [6, 6.07) is 15.4. The summed E-state index contributed by atoms with van der Waals surface area (Å²) in [7, 11) is 0. The molecule has 1 heterocycles. The smallest absolute Gasteiger partial charge is 0.212 e. The van der Waals surface area contributed by atoms with Crippen molar-refractivity contribution in [2.75, 3.05) is 0 Å². The molecule has 0 saturated carbocycles. The number of halogens is 1. The van der Waals surface area contributed by atoms with Crippen molar-refractivity contribution >= 4 is 11.4 Å². The van der Waals surface area contributed by atoms with Crippen molar-refractivity contribution in [1.82, 2.24) is 9.78 Å². The predicted octanol–water partition coefficient (Wildman–Crippen LogP) is 3.27. The SMILES string of the molecule is Cc1cn(-c2ccccc2F)nc(C(C=CN)=Nc2ccccc2)c1=O. The maximum absolute atomic E-state index is 14.1. The van der Waals surface area contributed by atoms with Crippen LogP contribution in [0.3, 0.4) is 0 Å². The number of rotatable bonds is 4. The van der Waals surface area contributed by atoms with Gasteiger partial charge >= 0.3 is 0 Å². The maximum Gasteiger partial charge on any atom is 0.212 e. The van der Waals surface area contributed by atoms with Crippen molar-refractivity contribution in [3.63, 3.8) is 0 Å². The van der Waals surface area contributed by atoms with E-state index in [2.05, 4.69) is 10.1 Å². The molecule has 3 aromatic rings. The molecular formula is C20H17FN4O. The first-order valence-electron chi connectivity index (χ1n) is 7.98. The van der Waals surface area contributed by atoms with Crippen LogP contribution in [0.1, 0.15) is 11.3 Å². The highest BCUT2D eigenvalue weighted by atomic mass is 19.1. The van der Waals surface area contributed by atoms with Crippen molar-refractivity contribution in [3.05, 3.63) is 100 Å². The van der Waals surface area contributed by atoms with Crippen molar-refractivity contribution in [2.24, 2.45) is 10.7 Å². The van der Waals surface area contributed by atoms with Crippen LogP contribution >= 0.6 is 0 Å². The van der Waals surface area contributed by atoms with Gasteiger partial charge in [-0.3, -0.25) is 4.79 Å². The lowest BCUT2D eigenvalue weighted by molar-refractivity contribution is 0.607. The summed E-state index contributed by atoms with van der Waals surface area (Å²) in [5.74, 6) is -0.440. The van der Waals surface area contributed by atoms with Gasteiger partial charge in [-0.2, -0.15) is 5.10 Å². The number of benzene rings is 2. The third-order valence-corrected chi connectivity index (χ3v) is 3.70. The number of nitrogens with zero attached hydrogens (tertiary/aromatic N) is 3. The van der Waals surface area contributed by atoms with Crippen LogP contribution in [0.5, 0.6) is 0 Å². The summed E-state index contributed by atoms with van der Waals surface area (Å²) in [5.41, 5.74) is 6.95. The molecule has 0 aliphatic heterocycles. The van der Waals surface area contributed by atoms with Gasteiger partial charge in [0.15, 0.2) is 5.69 Å². The zero-order valence-corrected chi connectivity index (χ0v) is 14.1. The second kappa shape index (κ2) is 7.57. The Labute approximate surface area is 149 Å². The van der Waals surface area contributed by atoms with Crippen LogP contribution in [0.2, 0.25) is 0 Å². The minimum absolute atomic E-state index is 0.0961. The van der Waals surface area contributed by atoms with Gasteiger partial charge in [-0.15, -0.1) is 0 Å². The molecule has 2 aromatic carbocycles. The van der Waals surface area contributed by atoms with Gasteiger partial charge < -0.3 is 5.73 Å². The number of para-hydroxylation sites is 2. The van der Waals surface area contributed by atoms with Crippen LogP contribution in [-0.4, -0.2) is 15.5 Å². The Hall–Kier alpha value is -3.54. The molecule has 0 aliphatic rings. The van der Waals surface area contributed by atoms with Crippen LogP contribution < -0.4 is 11.2 Å². The second-order valence-corrected chi connectivity index (χ2v) is 5.58. The topological polar surface area (TPSA) is 73.3 Å². The zero-order chi connectivity index (χ0) is 18.5. The number of nitrogens with two attached hydrogens (primary N) is 1. The summed E-state index contributed by atoms with van der Waals surface area (Å²) in [6.07, 6.45) is 4.29. The predicted molar refractivity (Wildman–Crippen MR) is 100 cm³/mol. The second-order valence-electron chi connectivity index (χ2n) is 5.58. The Morgan fingerprint density at radius 1 is 1.15 bits per heavy atom.